The Morgan fingerprint density at radius 2 is 2.24 bits per heavy atom. The van der Waals surface area contributed by atoms with Crippen LogP contribution in [-0.4, -0.2) is 47.8 Å². The summed E-state index contributed by atoms with van der Waals surface area (Å²) in [5.74, 6) is 0.530. The Bertz CT molecular complexity index is 517. The Morgan fingerprint density at radius 1 is 1.43 bits per heavy atom. The lowest BCUT2D eigenvalue weighted by molar-refractivity contribution is -0.146. The van der Waals surface area contributed by atoms with E-state index in [1.807, 2.05) is 11.8 Å². The topological polar surface area (TPSA) is 49.8 Å². The van der Waals surface area contributed by atoms with Crippen molar-refractivity contribution in [1.29, 1.82) is 0 Å². The van der Waals surface area contributed by atoms with Gasteiger partial charge in [0.1, 0.15) is 0 Å². The van der Waals surface area contributed by atoms with E-state index in [0.717, 1.165) is 12.8 Å². The zero-order chi connectivity index (χ0) is 14.8. The first-order chi connectivity index (χ1) is 10.2. The van der Waals surface area contributed by atoms with Gasteiger partial charge >= 0.3 is 0 Å². The van der Waals surface area contributed by atoms with Gasteiger partial charge in [-0.2, -0.15) is 0 Å². The maximum absolute atomic E-state index is 12.6. The summed E-state index contributed by atoms with van der Waals surface area (Å²) < 4.78 is 5.50. The third kappa shape index (κ3) is 2.97. The summed E-state index contributed by atoms with van der Waals surface area (Å²) in [4.78, 5) is 14.5. The van der Waals surface area contributed by atoms with Gasteiger partial charge in [0.15, 0.2) is 0 Å². The Balaban J connectivity index is 1.66. The molecule has 0 saturated carbocycles. The van der Waals surface area contributed by atoms with Crippen LogP contribution in [0.4, 0.5) is 0 Å². The molecule has 1 aliphatic carbocycles. The smallest absolute Gasteiger partial charge is 0.223 e. The Kier molecular flexibility index (Phi) is 4.27. The summed E-state index contributed by atoms with van der Waals surface area (Å²) in [5, 5.41) is 9.23. The largest absolute Gasteiger partial charge is 0.394 e. The van der Waals surface area contributed by atoms with Crippen LogP contribution in [-0.2, 0) is 16.0 Å². The molecular formula is C17H23NO3. The van der Waals surface area contributed by atoms with E-state index in [1.165, 1.54) is 11.1 Å². The molecule has 114 valence electrons. The summed E-state index contributed by atoms with van der Waals surface area (Å²) in [6.07, 6.45) is 2.47. The first-order valence-electron chi connectivity index (χ1n) is 7.78. The minimum absolute atomic E-state index is 0.0250. The fraction of sp³-hybridized carbons (Fsp3) is 0.588. The number of hydrogen-bond acceptors (Lipinski definition) is 3. The van der Waals surface area contributed by atoms with Crippen molar-refractivity contribution < 1.29 is 14.6 Å². The molecule has 3 atom stereocenters. The number of fused-ring (bicyclic) bond motifs is 1. The highest BCUT2D eigenvalue weighted by molar-refractivity contribution is 5.78. The minimum Gasteiger partial charge on any atom is -0.394 e. The van der Waals surface area contributed by atoms with Gasteiger partial charge in [0.05, 0.1) is 25.4 Å². The predicted octanol–water partition coefficient (Wildman–Crippen LogP) is 1.71. The van der Waals surface area contributed by atoms with E-state index >= 15 is 0 Å². The van der Waals surface area contributed by atoms with Crippen LogP contribution in [0.5, 0.6) is 0 Å². The molecule has 0 spiro atoms. The fourth-order valence-electron chi connectivity index (χ4n) is 3.46. The van der Waals surface area contributed by atoms with E-state index in [-0.39, 0.29) is 24.7 Å². The average Bonchev–Trinajstić information content (AvgIpc) is 2.91. The molecule has 0 radical (unpaired) electrons. The van der Waals surface area contributed by atoms with Gasteiger partial charge in [-0.3, -0.25) is 4.79 Å². The average molecular weight is 289 g/mol. The number of carbonyl (C=O) groups is 1. The second-order valence-corrected chi connectivity index (χ2v) is 6.17. The van der Waals surface area contributed by atoms with Crippen LogP contribution in [0.2, 0.25) is 0 Å². The van der Waals surface area contributed by atoms with Crippen LogP contribution < -0.4 is 0 Å². The Labute approximate surface area is 125 Å². The van der Waals surface area contributed by atoms with Crippen molar-refractivity contribution >= 4 is 5.91 Å². The lowest BCUT2D eigenvalue weighted by Crippen LogP contribution is -2.52. The molecule has 1 aliphatic heterocycles. The van der Waals surface area contributed by atoms with Gasteiger partial charge in [-0.05, 0) is 36.8 Å². The third-order valence-electron chi connectivity index (χ3n) is 4.71. The van der Waals surface area contributed by atoms with Crippen LogP contribution in [0.15, 0.2) is 24.3 Å². The van der Waals surface area contributed by atoms with Gasteiger partial charge in [0.2, 0.25) is 5.91 Å². The van der Waals surface area contributed by atoms with Gasteiger partial charge in [-0.25, -0.2) is 0 Å². The van der Waals surface area contributed by atoms with Gasteiger partial charge < -0.3 is 14.7 Å². The molecule has 1 fully saturated rings. The monoisotopic (exact) mass is 289 g/mol. The molecule has 3 unspecified atom stereocenters. The van der Waals surface area contributed by atoms with Gasteiger partial charge in [-0.1, -0.05) is 24.3 Å². The number of amides is 1. The van der Waals surface area contributed by atoms with Crippen molar-refractivity contribution in [2.24, 2.45) is 0 Å². The number of aliphatic hydroxyl groups is 1. The predicted molar refractivity (Wildman–Crippen MR) is 80.1 cm³/mol. The van der Waals surface area contributed by atoms with Crippen LogP contribution in [0.1, 0.15) is 36.8 Å². The van der Waals surface area contributed by atoms with Crippen molar-refractivity contribution in [2.75, 3.05) is 19.8 Å². The lowest BCUT2D eigenvalue weighted by Gasteiger charge is -2.38. The zero-order valence-corrected chi connectivity index (χ0v) is 12.5. The highest BCUT2D eigenvalue weighted by atomic mass is 16.5. The molecule has 21 heavy (non-hydrogen) atoms. The van der Waals surface area contributed by atoms with Crippen LogP contribution >= 0.6 is 0 Å². The zero-order valence-electron chi connectivity index (χ0n) is 12.5. The number of morpholine rings is 1. The van der Waals surface area contributed by atoms with Crippen molar-refractivity contribution in [3.8, 4) is 0 Å². The maximum atomic E-state index is 12.6. The highest BCUT2D eigenvalue weighted by Gasteiger charge is 2.32. The number of aliphatic hydroxyl groups excluding tert-OH is 1. The fourth-order valence-corrected chi connectivity index (χ4v) is 3.46. The first-order valence-corrected chi connectivity index (χ1v) is 7.78. The molecule has 1 aromatic carbocycles. The van der Waals surface area contributed by atoms with Gasteiger partial charge in [0.25, 0.3) is 0 Å². The molecule has 1 heterocycles. The van der Waals surface area contributed by atoms with E-state index in [9.17, 15) is 9.90 Å². The molecule has 3 rings (SSSR count). The summed E-state index contributed by atoms with van der Waals surface area (Å²) in [6, 6.07) is 8.54. The second kappa shape index (κ2) is 6.16. The van der Waals surface area contributed by atoms with Crippen LogP contribution in [0, 0.1) is 0 Å². The maximum Gasteiger partial charge on any atom is 0.223 e. The molecule has 1 N–H and O–H groups in total. The van der Waals surface area contributed by atoms with E-state index in [1.54, 1.807) is 0 Å². The van der Waals surface area contributed by atoms with E-state index in [2.05, 4.69) is 24.3 Å². The number of carbonyl (C=O) groups excluding carboxylic acids is 1. The molecule has 0 aromatic heterocycles. The van der Waals surface area contributed by atoms with Gasteiger partial charge in [0, 0.05) is 13.0 Å². The van der Waals surface area contributed by atoms with E-state index in [4.69, 9.17) is 4.74 Å². The molecule has 0 bridgehead atoms. The van der Waals surface area contributed by atoms with E-state index < -0.39 is 0 Å². The molecule has 4 nitrogen and oxygen atoms in total. The number of hydrogen-bond donors (Lipinski definition) is 1. The number of aryl methyl sites for hydroxylation is 1. The SMILES string of the molecule is CC1COC(CO)CN1C(=O)CC1CCc2ccccc21. The molecule has 2 aliphatic rings. The summed E-state index contributed by atoms with van der Waals surface area (Å²) in [6.45, 7) is 3.00. The highest BCUT2D eigenvalue weighted by Crippen LogP contribution is 2.35. The number of benzene rings is 1. The van der Waals surface area contributed by atoms with Crippen molar-refractivity contribution in [3.63, 3.8) is 0 Å². The normalized spacial score (nSPS) is 28.5. The third-order valence-corrected chi connectivity index (χ3v) is 4.71. The van der Waals surface area contributed by atoms with Crippen molar-refractivity contribution in [2.45, 2.75) is 44.2 Å². The van der Waals surface area contributed by atoms with Crippen LogP contribution in [0.3, 0.4) is 0 Å². The summed E-state index contributed by atoms with van der Waals surface area (Å²) >= 11 is 0. The van der Waals surface area contributed by atoms with E-state index in [0.29, 0.717) is 25.5 Å². The molecule has 4 heteroatoms. The Hall–Kier alpha value is -1.39. The molecule has 1 amide bonds. The Morgan fingerprint density at radius 3 is 3.05 bits per heavy atom. The molecular weight excluding hydrogens is 266 g/mol. The summed E-state index contributed by atoms with van der Waals surface area (Å²) in [5.41, 5.74) is 2.73. The number of nitrogens with zero attached hydrogens (tertiary/aromatic N) is 1. The van der Waals surface area contributed by atoms with Crippen molar-refractivity contribution in [1.82, 2.24) is 4.90 Å². The standard InChI is InChI=1S/C17H23NO3/c1-12-11-21-15(10-19)9-18(12)17(20)8-14-7-6-13-4-2-3-5-16(13)14/h2-5,12,14-15,19H,6-11H2,1H3. The quantitative estimate of drug-likeness (QED) is 0.921. The first kappa shape index (κ1) is 14.5. The molecule has 1 aromatic rings. The number of rotatable bonds is 3. The van der Waals surface area contributed by atoms with Gasteiger partial charge in [-0.15, -0.1) is 0 Å². The second-order valence-electron chi connectivity index (χ2n) is 6.17. The molecule has 1 saturated heterocycles. The van der Waals surface area contributed by atoms with Crippen molar-refractivity contribution in [3.05, 3.63) is 35.4 Å². The summed E-state index contributed by atoms with van der Waals surface area (Å²) in [7, 11) is 0. The number of ether oxygens (including phenoxy) is 1. The lowest BCUT2D eigenvalue weighted by atomic mass is 9.96. The minimum atomic E-state index is -0.235. The van der Waals surface area contributed by atoms with Crippen LogP contribution in [0.25, 0.3) is 0 Å².